The zero-order valence-corrected chi connectivity index (χ0v) is 22.0. The van der Waals surface area contributed by atoms with Gasteiger partial charge in [-0.2, -0.15) is 0 Å². The molecular formula is C29H28N2O5S. The molecule has 1 saturated heterocycles. The van der Waals surface area contributed by atoms with Gasteiger partial charge in [-0.25, -0.2) is 9.79 Å². The molecule has 1 aliphatic heterocycles. The number of amides is 1. The number of esters is 1. The average molecular weight is 517 g/mol. The van der Waals surface area contributed by atoms with Gasteiger partial charge >= 0.3 is 5.97 Å². The molecule has 37 heavy (non-hydrogen) atoms. The van der Waals surface area contributed by atoms with Gasteiger partial charge in [0.2, 0.25) is 0 Å². The van der Waals surface area contributed by atoms with Crippen LogP contribution in [0.2, 0.25) is 0 Å². The first-order chi connectivity index (χ1) is 17.9. The van der Waals surface area contributed by atoms with Crippen LogP contribution >= 0.6 is 11.8 Å². The molecule has 190 valence electrons. The molecule has 0 atom stereocenters. The number of carbonyl (C=O) groups excluding carboxylic acids is 2. The molecule has 1 fully saturated rings. The molecular weight excluding hydrogens is 488 g/mol. The Bertz CT molecular complexity index is 1350. The monoisotopic (exact) mass is 516 g/mol. The van der Waals surface area contributed by atoms with Crippen molar-refractivity contribution in [2.75, 3.05) is 20.8 Å². The lowest BCUT2D eigenvalue weighted by Crippen LogP contribution is -2.23. The minimum atomic E-state index is -0.378. The molecule has 1 amide bonds. The van der Waals surface area contributed by atoms with Crippen molar-refractivity contribution in [1.29, 1.82) is 0 Å². The zero-order valence-electron chi connectivity index (χ0n) is 21.2. The van der Waals surface area contributed by atoms with Gasteiger partial charge in [0.25, 0.3) is 5.91 Å². The van der Waals surface area contributed by atoms with Gasteiger partial charge in [0, 0.05) is 7.05 Å². The summed E-state index contributed by atoms with van der Waals surface area (Å²) in [4.78, 5) is 31.4. The fraction of sp³-hybridized carbons (Fsp3) is 0.207. The van der Waals surface area contributed by atoms with Crippen molar-refractivity contribution in [2.45, 2.75) is 20.5 Å². The number of methoxy groups -OCH3 is 1. The number of benzene rings is 3. The van der Waals surface area contributed by atoms with Gasteiger partial charge in [-0.15, -0.1) is 0 Å². The van der Waals surface area contributed by atoms with Crippen molar-refractivity contribution in [3.63, 3.8) is 0 Å². The molecule has 0 saturated carbocycles. The molecule has 0 N–H and O–H groups in total. The summed E-state index contributed by atoms with van der Waals surface area (Å²) in [6.07, 6.45) is 1.81. The molecule has 0 unspecified atom stereocenters. The first-order valence-electron chi connectivity index (χ1n) is 11.8. The van der Waals surface area contributed by atoms with E-state index in [1.807, 2.05) is 43.3 Å². The first kappa shape index (κ1) is 26.0. The van der Waals surface area contributed by atoms with E-state index in [-0.39, 0.29) is 11.9 Å². The van der Waals surface area contributed by atoms with E-state index in [1.165, 1.54) is 22.2 Å². The van der Waals surface area contributed by atoms with Gasteiger partial charge in [-0.1, -0.05) is 35.9 Å². The van der Waals surface area contributed by atoms with E-state index in [2.05, 4.69) is 17.1 Å². The number of carbonyl (C=O) groups is 2. The Kier molecular flexibility index (Phi) is 8.30. The minimum Gasteiger partial charge on any atom is -0.493 e. The van der Waals surface area contributed by atoms with E-state index in [0.717, 1.165) is 11.1 Å². The van der Waals surface area contributed by atoms with Crippen LogP contribution in [0.4, 0.5) is 5.69 Å². The quantitative estimate of drug-likeness (QED) is 0.270. The van der Waals surface area contributed by atoms with Crippen molar-refractivity contribution >= 4 is 40.6 Å². The summed E-state index contributed by atoms with van der Waals surface area (Å²) < 4.78 is 16.5. The Morgan fingerprint density at radius 3 is 2.43 bits per heavy atom. The van der Waals surface area contributed by atoms with Crippen LogP contribution in [0, 0.1) is 6.92 Å². The van der Waals surface area contributed by atoms with E-state index in [9.17, 15) is 9.59 Å². The molecule has 3 aromatic rings. The second-order valence-corrected chi connectivity index (χ2v) is 9.33. The number of aliphatic imine (C=N–C) groups is 1. The zero-order chi connectivity index (χ0) is 26.4. The molecule has 0 aliphatic carbocycles. The van der Waals surface area contributed by atoms with Crippen molar-refractivity contribution in [3.05, 3.63) is 93.9 Å². The molecule has 1 heterocycles. The number of rotatable bonds is 8. The summed E-state index contributed by atoms with van der Waals surface area (Å²) in [6, 6.07) is 20.5. The summed E-state index contributed by atoms with van der Waals surface area (Å²) in [7, 11) is 3.27. The van der Waals surface area contributed by atoms with Gasteiger partial charge in [-0.3, -0.25) is 9.69 Å². The number of thioether (sulfide) groups is 1. The molecule has 0 radical (unpaired) electrons. The van der Waals surface area contributed by atoms with Crippen LogP contribution in [0.5, 0.6) is 11.5 Å². The van der Waals surface area contributed by atoms with Crippen LogP contribution in [-0.4, -0.2) is 42.7 Å². The lowest BCUT2D eigenvalue weighted by atomic mass is 10.1. The second-order valence-electron chi connectivity index (χ2n) is 8.32. The molecule has 3 aromatic carbocycles. The number of likely N-dealkylation sites (N-methyl/N-ethyl adjacent to an activating group) is 1. The maximum atomic E-state index is 12.9. The number of amidine groups is 1. The maximum absolute atomic E-state index is 12.9. The van der Waals surface area contributed by atoms with E-state index < -0.39 is 0 Å². The summed E-state index contributed by atoms with van der Waals surface area (Å²) in [6.45, 7) is 4.55. The van der Waals surface area contributed by atoms with Crippen LogP contribution in [0.25, 0.3) is 6.08 Å². The molecule has 0 spiro atoms. The number of aryl methyl sites for hydroxylation is 1. The third-order valence-corrected chi connectivity index (χ3v) is 6.67. The summed E-state index contributed by atoms with van der Waals surface area (Å²) in [5, 5.41) is 0.546. The van der Waals surface area contributed by atoms with E-state index in [4.69, 9.17) is 14.2 Å². The largest absolute Gasteiger partial charge is 0.493 e. The highest BCUT2D eigenvalue weighted by Gasteiger charge is 2.30. The summed E-state index contributed by atoms with van der Waals surface area (Å²) in [5.74, 6) is 0.684. The number of ether oxygens (including phenoxy) is 3. The lowest BCUT2D eigenvalue weighted by Gasteiger charge is -2.12. The van der Waals surface area contributed by atoms with Crippen LogP contribution in [0.3, 0.4) is 0 Å². The Balaban J connectivity index is 1.48. The molecule has 8 heteroatoms. The molecule has 0 aromatic heterocycles. The second kappa shape index (κ2) is 11.8. The molecule has 1 aliphatic rings. The Labute approximate surface area is 220 Å². The van der Waals surface area contributed by atoms with Crippen LogP contribution in [0.15, 0.2) is 76.6 Å². The van der Waals surface area contributed by atoms with Gasteiger partial charge in [-0.05, 0) is 79.2 Å². The van der Waals surface area contributed by atoms with E-state index in [1.54, 1.807) is 45.3 Å². The molecule has 7 nitrogen and oxygen atoms in total. The molecule has 4 rings (SSSR count). The van der Waals surface area contributed by atoms with Gasteiger partial charge in [0.15, 0.2) is 16.7 Å². The Morgan fingerprint density at radius 2 is 1.76 bits per heavy atom. The maximum Gasteiger partial charge on any atom is 0.338 e. The highest BCUT2D eigenvalue weighted by molar-refractivity contribution is 8.18. The third-order valence-electron chi connectivity index (χ3n) is 5.61. The smallest absolute Gasteiger partial charge is 0.338 e. The Hall–Kier alpha value is -4.04. The average Bonchev–Trinajstić information content (AvgIpc) is 3.16. The van der Waals surface area contributed by atoms with Crippen molar-refractivity contribution in [3.8, 4) is 11.5 Å². The third kappa shape index (κ3) is 6.40. The predicted molar refractivity (Wildman–Crippen MR) is 146 cm³/mol. The van der Waals surface area contributed by atoms with Crippen LogP contribution in [-0.2, 0) is 16.1 Å². The van der Waals surface area contributed by atoms with Crippen LogP contribution in [0.1, 0.15) is 34.0 Å². The highest BCUT2D eigenvalue weighted by Crippen LogP contribution is 2.35. The fourth-order valence-corrected chi connectivity index (χ4v) is 4.53. The topological polar surface area (TPSA) is 77.4 Å². The van der Waals surface area contributed by atoms with Crippen molar-refractivity contribution in [2.24, 2.45) is 4.99 Å². The number of hydrogen-bond donors (Lipinski definition) is 0. The van der Waals surface area contributed by atoms with E-state index in [0.29, 0.717) is 46.0 Å². The normalized spacial score (nSPS) is 15.4. The Morgan fingerprint density at radius 1 is 1.03 bits per heavy atom. The van der Waals surface area contributed by atoms with Gasteiger partial charge in [0.1, 0.15) is 6.61 Å². The summed E-state index contributed by atoms with van der Waals surface area (Å²) in [5.41, 5.74) is 4.16. The van der Waals surface area contributed by atoms with Gasteiger partial charge < -0.3 is 14.2 Å². The van der Waals surface area contributed by atoms with Crippen LogP contribution < -0.4 is 9.47 Å². The standard InChI is InChI=1S/C29H28N2O5S/c1-5-35-28(33)22-11-13-23(14-12-22)30-29-31(3)27(32)26(37-29)17-21-10-15-24(25(16-21)34-4)36-18-20-8-6-19(2)7-9-20/h6-17H,5,18H2,1-4H3/b26-17-,30-29?. The SMILES string of the molecule is CCOC(=O)c1ccc(N=C2S/C(=C\c3ccc(OCc4ccc(C)cc4)c(OC)c3)C(=O)N2C)cc1. The first-order valence-corrected chi connectivity index (χ1v) is 12.6. The minimum absolute atomic E-state index is 0.148. The van der Waals surface area contributed by atoms with Crippen molar-refractivity contribution < 1.29 is 23.8 Å². The van der Waals surface area contributed by atoms with Crippen molar-refractivity contribution in [1.82, 2.24) is 4.90 Å². The summed E-state index contributed by atoms with van der Waals surface area (Å²) >= 11 is 1.29. The number of nitrogens with zero attached hydrogens (tertiary/aromatic N) is 2. The molecule has 0 bridgehead atoms. The van der Waals surface area contributed by atoms with E-state index >= 15 is 0 Å². The number of hydrogen-bond acceptors (Lipinski definition) is 7. The van der Waals surface area contributed by atoms with Gasteiger partial charge in [0.05, 0.1) is 29.9 Å². The highest BCUT2D eigenvalue weighted by atomic mass is 32.2. The lowest BCUT2D eigenvalue weighted by molar-refractivity contribution is -0.121. The predicted octanol–water partition coefficient (Wildman–Crippen LogP) is 5.99. The fourth-order valence-electron chi connectivity index (χ4n) is 3.54.